The quantitative estimate of drug-likeness (QED) is 0.621. The fourth-order valence-electron chi connectivity index (χ4n) is 2.35. The highest BCUT2D eigenvalue weighted by atomic mass is 16.5. The summed E-state index contributed by atoms with van der Waals surface area (Å²) >= 11 is 0. The molecule has 0 fully saturated rings. The Kier molecular flexibility index (Phi) is 2.09. The summed E-state index contributed by atoms with van der Waals surface area (Å²) in [5.41, 5.74) is 4.22. The molecule has 0 radical (unpaired) electrons. The first-order valence-corrected chi connectivity index (χ1v) is 5.56. The molecule has 0 N–H and O–H groups in total. The van der Waals surface area contributed by atoms with Gasteiger partial charge in [-0.2, -0.15) is 0 Å². The second-order valence-corrected chi connectivity index (χ2v) is 4.04. The Balaban J connectivity index is 2.17. The van der Waals surface area contributed by atoms with Crippen LogP contribution in [-0.4, -0.2) is 6.61 Å². The van der Waals surface area contributed by atoms with Crippen LogP contribution in [0, 0.1) is 0 Å². The normalized spacial score (nSPS) is 18.9. The maximum Gasteiger partial charge on any atom is 0.122 e. The largest absolute Gasteiger partial charge is 0.493 e. The van der Waals surface area contributed by atoms with E-state index >= 15 is 0 Å². The highest BCUT2D eigenvalue weighted by Gasteiger charge is 2.17. The molecule has 1 aromatic rings. The molecule has 76 valence electrons. The lowest BCUT2D eigenvalue weighted by molar-refractivity contribution is 0.231. The van der Waals surface area contributed by atoms with Crippen LogP contribution in [0.1, 0.15) is 24.0 Å². The second-order valence-electron chi connectivity index (χ2n) is 4.04. The number of rotatable bonds is 0. The van der Waals surface area contributed by atoms with E-state index in [0.29, 0.717) is 0 Å². The minimum absolute atomic E-state index is 0.806. The molecule has 1 heteroatoms. The molecule has 1 heterocycles. The summed E-state index contributed by atoms with van der Waals surface area (Å²) in [6.07, 6.45) is 7.60. The van der Waals surface area contributed by atoms with E-state index < -0.39 is 0 Å². The third-order valence-electron chi connectivity index (χ3n) is 3.10. The zero-order valence-corrected chi connectivity index (χ0v) is 8.70. The predicted octanol–water partition coefficient (Wildman–Crippen LogP) is 3.32. The van der Waals surface area contributed by atoms with E-state index in [1.807, 2.05) is 0 Å². The molecule has 1 aliphatic carbocycles. The highest BCUT2D eigenvalue weighted by molar-refractivity contribution is 5.73. The van der Waals surface area contributed by atoms with Crippen LogP contribution in [-0.2, 0) is 11.2 Å². The Morgan fingerprint density at radius 1 is 1.07 bits per heavy atom. The van der Waals surface area contributed by atoms with Crippen molar-refractivity contribution in [2.75, 3.05) is 6.61 Å². The number of allylic oxidation sites excluding steroid dienone is 3. The average Bonchev–Trinajstić information content (AvgIpc) is 2.48. The maximum absolute atomic E-state index is 5.78. The van der Waals surface area contributed by atoms with Crippen LogP contribution in [0.15, 0.2) is 42.2 Å². The monoisotopic (exact) mass is 198 g/mol. The maximum atomic E-state index is 5.78. The Bertz CT molecular complexity index is 440. The van der Waals surface area contributed by atoms with Gasteiger partial charge < -0.3 is 4.74 Å². The van der Waals surface area contributed by atoms with Crippen molar-refractivity contribution < 1.29 is 4.74 Å². The zero-order chi connectivity index (χ0) is 10.1. The van der Waals surface area contributed by atoms with Gasteiger partial charge in [-0.05, 0) is 30.0 Å². The second kappa shape index (κ2) is 3.58. The van der Waals surface area contributed by atoms with Crippen LogP contribution < -0.4 is 0 Å². The first-order valence-electron chi connectivity index (χ1n) is 5.56. The van der Waals surface area contributed by atoms with Crippen molar-refractivity contribution in [2.24, 2.45) is 0 Å². The molecule has 0 saturated heterocycles. The van der Waals surface area contributed by atoms with Gasteiger partial charge in [0.15, 0.2) is 0 Å². The van der Waals surface area contributed by atoms with Gasteiger partial charge in [-0.3, -0.25) is 0 Å². The number of ether oxygens (including phenoxy) is 1. The van der Waals surface area contributed by atoms with Gasteiger partial charge in [0.2, 0.25) is 0 Å². The molecule has 1 aromatic carbocycles. The van der Waals surface area contributed by atoms with Gasteiger partial charge >= 0.3 is 0 Å². The van der Waals surface area contributed by atoms with Crippen LogP contribution in [0.5, 0.6) is 0 Å². The minimum Gasteiger partial charge on any atom is -0.493 e. The summed E-state index contributed by atoms with van der Waals surface area (Å²) in [6, 6.07) is 8.67. The van der Waals surface area contributed by atoms with Crippen LogP contribution in [0.25, 0.3) is 5.57 Å². The summed E-state index contributed by atoms with van der Waals surface area (Å²) in [5.74, 6) is 1.09. The Morgan fingerprint density at radius 2 is 2.00 bits per heavy atom. The van der Waals surface area contributed by atoms with Crippen molar-refractivity contribution in [1.29, 1.82) is 0 Å². The molecule has 0 unspecified atom stereocenters. The van der Waals surface area contributed by atoms with Gasteiger partial charge in [0.25, 0.3) is 0 Å². The molecule has 0 bridgehead atoms. The van der Waals surface area contributed by atoms with Gasteiger partial charge in [-0.1, -0.05) is 30.3 Å². The van der Waals surface area contributed by atoms with Crippen molar-refractivity contribution in [3.63, 3.8) is 0 Å². The fraction of sp³-hybridized carbons (Fsp3) is 0.286. The molecule has 0 saturated carbocycles. The molecular weight excluding hydrogens is 184 g/mol. The van der Waals surface area contributed by atoms with Gasteiger partial charge in [0.1, 0.15) is 5.76 Å². The van der Waals surface area contributed by atoms with Crippen molar-refractivity contribution in [2.45, 2.75) is 19.3 Å². The molecule has 3 rings (SSSR count). The van der Waals surface area contributed by atoms with E-state index in [0.717, 1.165) is 31.6 Å². The lowest BCUT2D eigenvalue weighted by atomic mass is 9.92. The molecule has 0 aromatic heterocycles. The van der Waals surface area contributed by atoms with Crippen molar-refractivity contribution in [3.05, 3.63) is 53.3 Å². The Labute approximate surface area is 90.1 Å². The van der Waals surface area contributed by atoms with Crippen molar-refractivity contribution in [3.8, 4) is 0 Å². The van der Waals surface area contributed by atoms with Gasteiger partial charge in [0, 0.05) is 12.0 Å². The Hall–Kier alpha value is -1.50. The molecule has 0 atom stereocenters. The number of hydrogen-bond donors (Lipinski definition) is 0. The molecular formula is C14H14O. The first-order chi connectivity index (χ1) is 7.45. The number of benzene rings is 1. The average molecular weight is 198 g/mol. The zero-order valence-electron chi connectivity index (χ0n) is 8.70. The molecule has 1 nitrogen and oxygen atoms in total. The summed E-state index contributed by atoms with van der Waals surface area (Å²) < 4.78 is 5.78. The van der Waals surface area contributed by atoms with E-state index in [4.69, 9.17) is 4.74 Å². The third-order valence-corrected chi connectivity index (χ3v) is 3.10. The van der Waals surface area contributed by atoms with Crippen molar-refractivity contribution >= 4 is 5.57 Å². The van der Waals surface area contributed by atoms with Crippen LogP contribution in [0.2, 0.25) is 0 Å². The van der Waals surface area contributed by atoms with E-state index in [9.17, 15) is 0 Å². The molecule has 15 heavy (non-hydrogen) atoms. The highest BCUT2D eigenvalue weighted by Crippen LogP contribution is 2.33. The van der Waals surface area contributed by atoms with Gasteiger partial charge in [0.05, 0.1) is 6.61 Å². The first kappa shape index (κ1) is 8.78. The van der Waals surface area contributed by atoms with E-state index in [2.05, 4.69) is 36.4 Å². The van der Waals surface area contributed by atoms with Crippen LogP contribution in [0.4, 0.5) is 0 Å². The lowest BCUT2D eigenvalue weighted by Gasteiger charge is -2.14. The van der Waals surface area contributed by atoms with Crippen LogP contribution >= 0.6 is 0 Å². The Morgan fingerprint density at radius 3 is 3.00 bits per heavy atom. The third kappa shape index (κ3) is 1.48. The molecule has 0 spiro atoms. The molecule has 2 aliphatic rings. The standard InChI is InChI=1S/C14H14O/c1-2-6-12-11(5-1)9-10-15-14-8-4-3-7-13(12)14/h1-2,4-6,8H,3,7,9-10H2. The number of fused-ring (bicyclic) bond motifs is 2. The van der Waals surface area contributed by atoms with E-state index in [1.165, 1.54) is 16.7 Å². The summed E-state index contributed by atoms with van der Waals surface area (Å²) in [5, 5.41) is 0. The van der Waals surface area contributed by atoms with Crippen molar-refractivity contribution in [1.82, 2.24) is 0 Å². The smallest absolute Gasteiger partial charge is 0.122 e. The molecule has 1 aliphatic heterocycles. The fourth-order valence-corrected chi connectivity index (χ4v) is 2.35. The summed E-state index contributed by atoms with van der Waals surface area (Å²) in [6.45, 7) is 0.806. The van der Waals surface area contributed by atoms with E-state index in [1.54, 1.807) is 0 Å². The SMILES string of the molecule is C1=CC2=C(CC1)c1ccccc1CCO2. The summed E-state index contributed by atoms with van der Waals surface area (Å²) in [4.78, 5) is 0. The van der Waals surface area contributed by atoms with Gasteiger partial charge in [-0.25, -0.2) is 0 Å². The van der Waals surface area contributed by atoms with E-state index in [-0.39, 0.29) is 0 Å². The lowest BCUT2D eigenvalue weighted by Crippen LogP contribution is -1.96. The van der Waals surface area contributed by atoms with Gasteiger partial charge in [-0.15, -0.1) is 0 Å². The molecule has 0 amide bonds. The minimum atomic E-state index is 0.806. The summed E-state index contributed by atoms with van der Waals surface area (Å²) in [7, 11) is 0. The van der Waals surface area contributed by atoms with Crippen LogP contribution in [0.3, 0.4) is 0 Å². The topological polar surface area (TPSA) is 9.23 Å². The number of hydrogen-bond acceptors (Lipinski definition) is 1. The predicted molar refractivity (Wildman–Crippen MR) is 61.4 cm³/mol.